The maximum absolute atomic E-state index is 11.5. The van der Waals surface area contributed by atoms with E-state index in [2.05, 4.69) is 26.8 Å². The van der Waals surface area contributed by atoms with Crippen LogP contribution in [0.2, 0.25) is 0 Å². The van der Waals surface area contributed by atoms with Gasteiger partial charge in [0.15, 0.2) is 0 Å². The van der Waals surface area contributed by atoms with Crippen molar-refractivity contribution in [2.45, 2.75) is 46.5 Å². The molecule has 2 unspecified atom stereocenters. The molecule has 72 valence electrons. The summed E-state index contributed by atoms with van der Waals surface area (Å²) in [7, 11) is 0. The molecule has 0 spiro atoms. The zero-order chi connectivity index (χ0) is 9.69. The molecule has 0 aromatic carbocycles. The minimum absolute atomic E-state index is 0.169. The fourth-order valence-electron chi connectivity index (χ4n) is 2.93. The average Bonchev–Trinajstić information content (AvgIpc) is 2.28. The lowest BCUT2D eigenvalue weighted by atomic mass is 9.57. The Morgan fingerprint density at radius 1 is 1.38 bits per heavy atom. The largest absolute Gasteiger partial charge is 0.300 e. The smallest absolute Gasteiger partial charge is 0.133 e. The predicted molar refractivity (Wildman–Crippen MR) is 53.4 cm³/mol. The molecule has 2 aliphatic rings. The van der Waals surface area contributed by atoms with Gasteiger partial charge in [-0.05, 0) is 25.2 Å². The first-order chi connectivity index (χ1) is 5.98. The van der Waals surface area contributed by atoms with E-state index >= 15 is 0 Å². The maximum atomic E-state index is 11.5. The summed E-state index contributed by atoms with van der Waals surface area (Å²) in [5.41, 5.74) is 1.97. The van der Waals surface area contributed by atoms with E-state index in [1.807, 2.05) is 0 Å². The summed E-state index contributed by atoms with van der Waals surface area (Å²) >= 11 is 0. The van der Waals surface area contributed by atoms with Crippen molar-refractivity contribution < 1.29 is 4.79 Å². The van der Waals surface area contributed by atoms with Crippen LogP contribution in [0.25, 0.3) is 0 Å². The van der Waals surface area contributed by atoms with E-state index in [0.29, 0.717) is 11.2 Å². The standard InChI is InChI=1S/C12H18O/c1-9-4-6-11(2)7-5-10(13)8-12(9,11)3/h4H,5-8H2,1-3H3. The number of carbonyl (C=O) groups is 1. The highest BCUT2D eigenvalue weighted by Crippen LogP contribution is 2.59. The molecule has 0 amide bonds. The molecule has 2 rings (SSSR count). The highest BCUT2D eigenvalue weighted by molar-refractivity contribution is 5.81. The van der Waals surface area contributed by atoms with Crippen molar-refractivity contribution in [3.63, 3.8) is 0 Å². The van der Waals surface area contributed by atoms with E-state index in [1.54, 1.807) is 0 Å². The van der Waals surface area contributed by atoms with Gasteiger partial charge < -0.3 is 0 Å². The van der Waals surface area contributed by atoms with Gasteiger partial charge in [0, 0.05) is 18.3 Å². The fourth-order valence-corrected chi connectivity index (χ4v) is 2.93. The van der Waals surface area contributed by atoms with Gasteiger partial charge in [-0.3, -0.25) is 4.79 Å². The van der Waals surface area contributed by atoms with Crippen molar-refractivity contribution in [3.05, 3.63) is 11.6 Å². The number of carbonyl (C=O) groups excluding carboxylic acids is 1. The summed E-state index contributed by atoms with van der Waals surface area (Å²) in [6.07, 6.45) is 6.15. The summed E-state index contributed by atoms with van der Waals surface area (Å²) in [5.74, 6) is 0.453. The topological polar surface area (TPSA) is 17.1 Å². The zero-order valence-electron chi connectivity index (χ0n) is 8.81. The van der Waals surface area contributed by atoms with Crippen LogP contribution < -0.4 is 0 Å². The molecule has 0 aromatic rings. The molecule has 0 heterocycles. The van der Waals surface area contributed by atoms with Crippen LogP contribution in [-0.4, -0.2) is 5.78 Å². The monoisotopic (exact) mass is 178 g/mol. The van der Waals surface area contributed by atoms with Crippen molar-refractivity contribution in [1.29, 1.82) is 0 Å². The second kappa shape index (κ2) is 2.46. The Morgan fingerprint density at radius 3 is 2.77 bits per heavy atom. The first-order valence-corrected chi connectivity index (χ1v) is 5.17. The van der Waals surface area contributed by atoms with Gasteiger partial charge >= 0.3 is 0 Å². The summed E-state index contributed by atoms with van der Waals surface area (Å²) < 4.78 is 0. The molecule has 1 saturated carbocycles. The van der Waals surface area contributed by atoms with Crippen molar-refractivity contribution in [2.75, 3.05) is 0 Å². The van der Waals surface area contributed by atoms with Gasteiger partial charge in [-0.25, -0.2) is 0 Å². The molecule has 1 fully saturated rings. The Bertz CT molecular complexity index is 289. The highest BCUT2D eigenvalue weighted by atomic mass is 16.1. The quantitative estimate of drug-likeness (QED) is 0.521. The first kappa shape index (κ1) is 8.98. The summed E-state index contributed by atoms with van der Waals surface area (Å²) in [4.78, 5) is 11.5. The summed E-state index contributed by atoms with van der Waals surface area (Å²) in [6.45, 7) is 6.79. The molecule has 0 aliphatic heterocycles. The molecule has 0 aromatic heterocycles. The van der Waals surface area contributed by atoms with Gasteiger partial charge in [0.1, 0.15) is 5.78 Å². The number of hydrogen-bond donors (Lipinski definition) is 0. The molecule has 0 saturated heterocycles. The van der Waals surface area contributed by atoms with Crippen LogP contribution in [-0.2, 0) is 4.79 Å². The van der Waals surface area contributed by atoms with Gasteiger partial charge in [0.2, 0.25) is 0 Å². The number of hydrogen-bond acceptors (Lipinski definition) is 1. The predicted octanol–water partition coefficient (Wildman–Crippen LogP) is 3.10. The lowest BCUT2D eigenvalue weighted by molar-refractivity contribution is -0.126. The van der Waals surface area contributed by atoms with Crippen LogP contribution in [0, 0.1) is 10.8 Å². The minimum atomic E-state index is 0.169. The third-order valence-corrected chi connectivity index (χ3v) is 4.57. The van der Waals surface area contributed by atoms with E-state index in [-0.39, 0.29) is 5.41 Å². The number of ketones is 1. The lowest BCUT2D eigenvalue weighted by Gasteiger charge is -2.46. The molecule has 1 nitrogen and oxygen atoms in total. The Kier molecular flexibility index (Phi) is 1.70. The van der Waals surface area contributed by atoms with E-state index in [0.717, 1.165) is 19.3 Å². The van der Waals surface area contributed by atoms with Crippen molar-refractivity contribution in [3.8, 4) is 0 Å². The molecule has 1 heteroatoms. The number of Topliss-reactive ketones (excluding diaryl/α,β-unsaturated/α-hetero) is 1. The minimum Gasteiger partial charge on any atom is -0.300 e. The number of allylic oxidation sites excluding steroid dienone is 2. The molecule has 13 heavy (non-hydrogen) atoms. The molecule has 2 atom stereocenters. The molecule has 0 bridgehead atoms. The highest BCUT2D eigenvalue weighted by Gasteiger charge is 2.51. The van der Waals surface area contributed by atoms with Crippen LogP contribution in [0.15, 0.2) is 11.6 Å². The SMILES string of the molecule is CC1=CCC2(C)CCC(=O)CC12C. The molecule has 0 radical (unpaired) electrons. The van der Waals surface area contributed by atoms with Gasteiger partial charge in [-0.15, -0.1) is 0 Å². The van der Waals surface area contributed by atoms with Gasteiger partial charge in [0.25, 0.3) is 0 Å². The summed E-state index contributed by atoms with van der Waals surface area (Å²) in [5, 5.41) is 0. The van der Waals surface area contributed by atoms with E-state index in [4.69, 9.17) is 0 Å². The number of fused-ring (bicyclic) bond motifs is 1. The van der Waals surface area contributed by atoms with Gasteiger partial charge in [0.05, 0.1) is 0 Å². The number of rotatable bonds is 0. The van der Waals surface area contributed by atoms with Crippen LogP contribution in [0.1, 0.15) is 46.5 Å². The average molecular weight is 178 g/mol. The van der Waals surface area contributed by atoms with Crippen molar-refractivity contribution in [2.24, 2.45) is 10.8 Å². The van der Waals surface area contributed by atoms with Crippen LogP contribution in [0.3, 0.4) is 0 Å². The van der Waals surface area contributed by atoms with Crippen molar-refractivity contribution >= 4 is 5.78 Å². The second-order valence-electron chi connectivity index (χ2n) is 5.20. The lowest BCUT2D eigenvalue weighted by Crippen LogP contribution is -2.40. The first-order valence-electron chi connectivity index (χ1n) is 5.17. The second-order valence-corrected chi connectivity index (χ2v) is 5.20. The van der Waals surface area contributed by atoms with Gasteiger partial charge in [-0.2, -0.15) is 0 Å². The van der Waals surface area contributed by atoms with Crippen LogP contribution in [0.5, 0.6) is 0 Å². The van der Waals surface area contributed by atoms with Crippen LogP contribution >= 0.6 is 0 Å². The zero-order valence-corrected chi connectivity index (χ0v) is 8.81. The van der Waals surface area contributed by atoms with E-state index in [9.17, 15) is 4.79 Å². The molecular weight excluding hydrogens is 160 g/mol. The Labute approximate surface area is 80.2 Å². The van der Waals surface area contributed by atoms with E-state index in [1.165, 1.54) is 12.0 Å². The normalized spacial score (nSPS) is 44.5. The van der Waals surface area contributed by atoms with Crippen LogP contribution in [0.4, 0.5) is 0 Å². The third kappa shape index (κ3) is 1.02. The Hall–Kier alpha value is -0.590. The Morgan fingerprint density at radius 2 is 2.08 bits per heavy atom. The molecule has 0 N–H and O–H groups in total. The maximum Gasteiger partial charge on any atom is 0.133 e. The third-order valence-electron chi connectivity index (χ3n) is 4.57. The Balaban J connectivity index is 2.38. The molecular formula is C12H18O. The van der Waals surface area contributed by atoms with E-state index < -0.39 is 0 Å². The fraction of sp³-hybridized carbons (Fsp3) is 0.750. The molecule has 2 aliphatic carbocycles. The van der Waals surface area contributed by atoms with Gasteiger partial charge in [-0.1, -0.05) is 25.5 Å². The van der Waals surface area contributed by atoms with Crippen molar-refractivity contribution in [1.82, 2.24) is 0 Å². The summed E-state index contributed by atoms with van der Waals surface area (Å²) in [6, 6.07) is 0.